The zero-order valence-corrected chi connectivity index (χ0v) is 13.5. The number of piperidine rings is 1. The molecule has 3 nitrogen and oxygen atoms in total. The highest BCUT2D eigenvalue weighted by Crippen LogP contribution is 2.53. The lowest BCUT2D eigenvalue weighted by molar-refractivity contribution is 0.0972. The van der Waals surface area contributed by atoms with E-state index in [9.17, 15) is 4.79 Å². The van der Waals surface area contributed by atoms with Crippen LogP contribution in [0.25, 0.3) is 0 Å². The van der Waals surface area contributed by atoms with E-state index in [1.807, 2.05) is 0 Å². The molecule has 1 aromatic rings. The number of rotatable bonds is 4. The fourth-order valence-electron chi connectivity index (χ4n) is 3.53. The Bertz CT molecular complexity index is 572. The fraction of sp³-hybridized carbons (Fsp3) is 0.706. The van der Waals surface area contributed by atoms with Gasteiger partial charge in [-0.1, -0.05) is 6.92 Å². The first-order valence-corrected chi connectivity index (χ1v) is 9.18. The van der Waals surface area contributed by atoms with Crippen molar-refractivity contribution in [3.63, 3.8) is 0 Å². The number of ketones is 1. The normalized spacial score (nSPS) is 26.1. The molecular weight excluding hydrogens is 280 g/mol. The maximum absolute atomic E-state index is 12.5. The maximum Gasteiger partial charge on any atom is 0.178 e. The van der Waals surface area contributed by atoms with Gasteiger partial charge in [0.25, 0.3) is 0 Å². The van der Waals surface area contributed by atoms with E-state index in [0.717, 1.165) is 42.4 Å². The van der Waals surface area contributed by atoms with Gasteiger partial charge in [0.15, 0.2) is 5.78 Å². The summed E-state index contributed by atoms with van der Waals surface area (Å²) in [7, 11) is 0. The number of hydrogen-bond acceptors (Lipinski definition) is 4. The molecule has 1 unspecified atom stereocenters. The lowest BCUT2D eigenvalue weighted by atomic mass is 10.00. The van der Waals surface area contributed by atoms with E-state index < -0.39 is 0 Å². The minimum atomic E-state index is 0.270. The quantitative estimate of drug-likeness (QED) is 0.854. The van der Waals surface area contributed by atoms with Crippen LogP contribution in [0, 0.1) is 11.8 Å². The first-order chi connectivity index (χ1) is 10.1. The summed E-state index contributed by atoms with van der Waals surface area (Å²) in [6.45, 7) is 4.58. The predicted molar refractivity (Wildman–Crippen MR) is 88.4 cm³/mol. The van der Waals surface area contributed by atoms with Crippen LogP contribution in [0.3, 0.4) is 0 Å². The van der Waals surface area contributed by atoms with Crippen molar-refractivity contribution < 1.29 is 4.79 Å². The molecule has 2 aliphatic carbocycles. The molecule has 0 spiro atoms. The average Bonchev–Trinajstić information content (AvgIpc) is 3.35. The molecule has 1 saturated heterocycles. The van der Waals surface area contributed by atoms with E-state index in [2.05, 4.69) is 11.8 Å². The molecule has 1 aliphatic heterocycles. The third kappa shape index (κ3) is 2.48. The molecule has 1 atom stereocenters. The van der Waals surface area contributed by atoms with Gasteiger partial charge in [-0.05, 0) is 50.4 Å². The summed E-state index contributed by atoms with van der Waals surface area (Å²) in [6, 6.07) is 0. The molecular formula is C17H24N2OS. The van der Waals surface area contributed by atoms with Crippen molar-refractivity contribution in [1.82, 2.24) is 0 Å². The Kier molecular flexibility index (Phi) is 3.25. The van der Waals surface area contributed by atoms with Crippen molar-refractivity contribution >= 4 is 27.8 Å². The molecule has 3 fully saturated rings. The van der Waals surface area contributed by atoms with Crippen molar-refractivity contribution in [3.8, 4) is 0 Å². The summed E-state index contributed by atoms with van der Waals surface area (Å²) in [5.74, 6) is 1.95. The highest BCUT2D eigenvalue weighted by atomic mass is 32.1. The van der Waals surface area contributed by atoms with Crippen LogP contribution in [0.2, 0.25) is 0 Å². The molecule has 114 valence electrons. The molecule has 3 aliphatic rings. The first kappa shape index (κ1) is 13.6. The standard InChI is InChI=1S/C17H24N2OS/c1-10-3-2-8-19(9-10)17-13(11-4-5-11)14(18)16(21-17)15(20)12-6-7-12/h10-12H,2-9,18H2,1H3. The SMILES string of the molecule is CC1CCCN(c2sc(C(=O)C3CC3)c(N)c2C2CC2)C1. The van der Waals surface area contributed by atoms with Crippen LogP contribution < -0.4 is 10.6 Å². The van der Waals surface area contributed by atoms with Gasteiger partial charge in [-0.15, -0.1) is 11.3 Å². The number of thiophene rings is 1. The molecule has 4 rings (SSSR count). The minimum absolute atomic E-state index is 0.270. The van der Waals surface area contributed by atoms with E-state index in [-0.39, 0.29) is 5.92 Å². The van der Waals surface area contributed by atoms with Crippen molar-refractivity contribution in [2.75, 3.05) is 23.7 Å². The van der Waals surface area contributed by atoms with Gasteiger partial charge in [0, 0.05) is 24.6 Å². The lowest BCUT2D eigenvalue weighted by Crippen LogP contribution is -2.34. The number of Topliss-reactive ketones (excluding diaryl/α,β-unsaturated/α-hetero) is 1. The average molecular weight is 304 g/mol. The smallest absolute Gasteiger partial charge is 0.178 e. The highest BCUT2D eigenvalue weighted by molar-refractivity contribution is 7.19. The van der Waals surface area contributed by atoms with Gasteiger partial charge in [-0.25, -0.2) is 0 Å². The van der Waals surface area contributed by atoms with Crippen molar-refractivity contribution in [2.45, 2.75) is 51.4 Å². The zero-order chi connectivity index (χ0) is 14.6. The van der Waals surface area contributed by atoms with Crippen molar-refractivity contribution in [2.24, 2.45) is 11.8 Å². The van der Waals surface area contributed by atoms with Crippen LogP contribution in [0.4, 0.5) is 10.7 Å². The second kappa shape index (κ2) is 5.01. The Morgan fingerprint density at radius 2 is 2.00 bits per heavy atom. The van der Waals surface area contributed by atoms with Crippen molar-refractivity contribution in [3.05, 3.63) is 10.4 Å². The Balaban J connectivity index is 1.71. The van der Waals surface area contributed by atoms with E-state index in [4.69, 9.17) is 5.73 Å². The zero-order valence-electron chi connectivity index (χ0n) is 12.7. The van der Waals surface area contributed by atoms with E-state index >= 15 is 0 Å². The highest BCUT2D eigenvalue weighted by Gasteiger charge is 2.38. The molecule has 2 saturated carbocycles. The van der Waals surface area contributed by atoms with Crippen LogP contribution in [-0.4, -0.2) is 18.9 Å². The third-order valence-corrected chi connectivity index (χ3v) is 6.36. The van der Waals surface area contributed by atoms with Gasteiger partial charge in [-0.2, -0.15) is 0 Å². The van der Waals surface area contributed by atoms with Crippen LogP contribution >= 0.6 is 11.3 Å². The monoisotopic (exact) mass is 304 g/mol. The maximum atomic E-state index is 12.5. The van der Waals surface area contributed by atoms with Crippen LogP contribution in [0.5, 0.6) is 0 Å². The van der Waals surface area contributed by atoms with Crippen molar-refractivity contribution in [1.29, 1.82) is 0 Å². The number of hydrogen-bond donors (Lipinski definition) is 1. The summed E-state index contributed by atoms with van der Waals surface area (Å²) in [4.78, 5) is 15.9. The Hall–Kier alpha value is -1.03. The topological polar surface area (TPSA) is 46.3 Å². The number of nitrogen functional groups attached to an aromatic ring is 1. The largest absolute Gasteiger partial charge is 0.397 e. The Morgan fingerprint density at radius 3 is 2.62 bits per heavy atom. The summed E-state index contributed by atoms with van der Waals surface area (Å²) in [5.41, 5.74) is 8.56. The van der Waals surface area contributed by atoms with Gasteiger partial charge < -0.3 is 10.6 Å². The second-order valence-electron chi connectivity index (χ2n) is 7.17. The lowest BCUT2D eigenvalue weighted by Gasteiger charge is -2.32. The number of nitrogens with two attached hydrogens (primary N) is 1. The first-order valence-electron chi connectivity index (χ1n) is 8.36. The van der Waals surface area contributed by atoms with E-state index in [1.54, 1.807) is 11.3 Å². The van der Waals surface area contributed by atoms with Crippen LogP contribution in [-0.2, 0) is 0 Å². The molecule has 2 heterocycles. The van der Waals surface area contributed by atoms with Gasteiger partial charge >= 0.3 is 0 Å². The number of carbonyl (C=O) groups is 1. The molecule has 2 N–H and O–H groups in total. The van der Waals surface area contributed by atoms with Gasteiger partial charge in [0.1, 0.15) is 0 Å². The second-order valence-corrected chi connectivity index (χ2v) is 8.17. The summed E-state index contributed by atoms with van der Waals surface area (Å²) in [5, 5.41) is 1.32. The Labute approximate surface area is 130 Å². The summed E-state index contributed by atoms with van der Waals surface area (Å²) >= 11 is 1.69. The van der Waals surface area contributed by atoms with Gasteiger partial charge in [-0.3, -0.25) is 4.79 Å². The Morgan fingerprint density at radius 1 is 1.24 bits per heavy atom. The molecule has 0 aromatic carbocycles. The summed E-state index contributed by atoms with van der Waals surface area (Å²) < 4.78 is 0. The minimum Gasteiger partial charge on any atom is -0.397 e. The number of nitrogens with zero attached hydrogens (tertiary/aromatic N) is 1. The van der Waals surface area contributed by atoms with Gasteiger partial charge in [0.2, 0.25) is 0 Å². The number of carbonyl (C=O) groups excluding carboxylic acids is 1. The molecule has 0 radical (unpaired) electrons. The van der Waals surface area contributed by atoms with Gasteiger partial charge in [0.05, 0.1) is 15.6 Å². The molecule has 1 aromatic heterocycles. The van der Waals surface area contributed by atoms with Crippen LogP contribution in [0.1, 0.15) is 66.6 Å². The molecule has 4 heteroatoms. The summed E-state index contributed by atoms with van der Waals surface area (Å²) in [6.07, 6.45) is 7.19. The molecule has 0 bridgehead atoms. The predicted octanol–water partition coefficient (Wildman–Crippen LogP) is 4.04. The molecule has 21 heavy (non-hydrogen) atoms. The van der Waals surface area contributed by atoms with Crippen LogP contribution in [0.15, 0.2) is 0 Å². The third-order valence-electron chi connectivity index (χ3n) is 5.07. The fourth-order valence-corrected chi connectivity index (χ4v) is 4.90. The van der Waals surface area contributed by atoms with E-state index in [1.165, 1.54) is 36.2 Å². The number of anilines is 2. The van der Waals surface area contributed by atoms with E-state index in [0.29, 0.717) is 11.7 Å². The molecule has 0 amide bonds.